The number of anilines is 1. The van der Waals surface area contributed by atoms with Crippen LogP contribution in [0.15, 0.2) is 12.4 Å². The summed E-state index contributed by atoms with van der Waals surface area (Å²) in [6, 6.07) is 1.97. The first-order valence-electron chi connectivity index (χ1n) is 5.36. The Morgan fingerprint density at radius 1 is 1.61 bits per heavy atom. The largest absolute Gasteiger partial charge is 0.480 e. The number of nitriles is 1. The zero-order chi connectivity index (χ0) is 13.2. The van der Waals surface area contributed by atoms with Crippen LogP contribution in [0.25, 0.3) is 0 Å². The maximum absolute atomic E-state index is 10.4. The summed E-state index contributed by atoms with van der Waals surface area (Å²) in [6.07, 6.45) is 2.98. The van der Waals surface area contributed by atoms with E-state index >= 15 is 0 Å². The predicted molar refractivity (Wildman–Crippen MR) is 61.0 cm³/mol. The van der Waals surface area contributed by atoms with Gasteiger partial charge in [0.25, 0.3) is 0 Å². The number of ether oxygens (including phenoxy) is 1. The molecular weight excluding hydrogens is 236 g/mol. The molecule has 1 saturated heterocycles. The summed E-state index contributed by atoms with van der Waals surface area (Å²) < 4.78 is 5.28. The third kappa shape index (κ3) is 2.38. The molecule has 0 bridgehead atoms. The van der Waals surface area contributed by atoms with Gasteiger partial charge < -0.3 is 14.7 Å². The lowest BCUT2D eigenvalue weighted by atomic mass is 9.96. The van der Waals surface area contributed by atoms with Crippen LogP contribution in [0.4, 0.5) is 5.82 Å². The molecule has 0 amide bonds. The molecule has 0 aromatic carbocycles. The summed E-state index contributed by atoms with van der Waals surface area (Å²) in [4.78, 5) is 20.3. The fourth-order valence-electron chi connectivity index (χ4n) is 1.88. The Labute approximate surface area is 104 Å². The van der Waals surface area contributed by atoms with Crippen LogP contribution >= 0.6 is 0 Å². The number of hydrogen-bond acceptors (Lipinski definition) is 6. The van der Waals surface area contributed by atoms with Crippen LogP contribution in [0.2, 0.25) is 0 Å². The van der Waals surface area contributed by atoms with Crippen molar-refractivity contribution in [2.75, 3.05) is 24.6 Å². The number of aliphatic carboxylic acids is 1. The topological polar surface area (TPSA) is 99.3 Å². The highest BCUT2D eigenvalue weighted by Gasteiger charge is 2.41. The average Bonchev–Trinajstić information content (AvgIpc) is 2.33. The number of nitrogens with zero attached hydrogens (tertiary/aromatic N) is 4. The van der Waals surface area contributed by atoms with Gasteiger partial charge in [-0.1, -0.05) is 0 Å². The van der Waals surface area contributed by atoms with Crippen LogP contribution in [0.5, 0.6) is 0 Å². The van der Waals surface area contributed by atoms with Crippen molar-refractivity contribution in [1.82, 2.24) is 9.97 Å². The lowest BCUT2D eigenvalue weighted by molar-refractivity contribution is -0.150. The van der Waals surface area contributed by atoms with Crippen LogP contribution in [0.1, 0.15) is 12.6 Å². The zero-order valence-electron chi connectivity index (χ0n) is 9.83. The maximum atomic E-state index is 10.4. The molecule has 0 atom stereocenters. The van der Waals surface area contributed by atoms with E-state index in [1.54, 1.807) is 0 Å². The predicted octanol–water partition coefficient (Wildman–Crippen LogP) is 0.0282. The van der Waals surface area contributed by atoms with Gasteiger partial charge in [0.2, 0.25) is 0 Å². The van der Waals surface area contributed by atoms with Gasteiger partial charge >= 0.3 is 5.97 Å². The van der Waals surface area contributed by atoms with E-state index in [4.69, 9.17) is 15.1 Å². The van der Waals surface area contributed by atoms with Gasteiger partial charge in [0.15, 0.2) is 11.5 Å². The number of hydrogen-bond donors (Lipinski definition) is 1. The van der Waals surface area contributed by atoms with Crippen molar-refractivity contribution < 1.29 is 14.6 Å². The molecule has 0 unspecified atom stereocenters. The van der Waals surface area contributed by atoms with Gasteiger partial charge in [-0.2, -0.15) is 5.26 Å². The molecule has 18 heavy (non-hydrogen) atoms. The molecule has 2 rings (SSSR count). The Hall–Kier alpha value is -2.20. The second-order valence-corrected chi connectivity index (χ2v) is 4.33. The molecule has 1 fully saturated rings. The van der Waals surface area contributed by atoms with Gasteiger partial charge in [-0.15, -0.1) is 0 Å². The molecule has 0 radical (unpaired) electrons. The van der Waals surface area contributed by atoms with Gasteiger partial charge in [-0.25, -0.2) is 14.8 Å². The Morgan fingerprint density at radius 3 is 2.89 bits per heavy atom. The minimum atomic E-state index is -0.994. The molecule has 1 aliphatic rings. The van der Waals surface area contributed by atoms with Gasteiger partial charge in [-0.3, -0.25) is 0 Å². The van der Waals surface area contributed by atoms with Crippen molar-refractivity contribution >= 4 is 11.8 Å². The minimum absolute atomic E-state index is 0.262. The van der Waals surface area contributed by atoms with E-state index in [0.717, 1.165) is 0 Å². The van der Waals surface area contributed by atoms with Crippen molar-refractivity contribution in [2.45, 2.75) is 12.5 Å². The molecule has 7 nitrogen and oxygen atoms in total. The third-order valence-electron chi connectivity index (χ3n) is 2.68. The first kappa shape index (κ1) is 12.3. The van der Waals surface area contributed by atoms with E-state index < -0.39 is 11.6 Å². The SMILES string of the molecule is CC1(OCC(=O)O)CN(c2nccnc2C#N)C1. The van der Waals surface area contributed by atoms with Gasteiger partial charge in [-0.05, 0) is 6.92 Å². The lowest BCUT2D eigenvalue weighted by Crippen LogP contribution is -2.62. The molecule has 1 N–H and O–H groups in total. The van der Waals surface area contributed by atoms with Crippen molar-refractivity contribution in [3.05, 3.63) is 18.1 Å². The molecule has 94 valence electrons. The van der Waals surface area contributed by atoms with Crippen molar-refractivity contribution in [3.63, 3.8) is 0 Å². The standard InChI is InChI=1S/C11H12N4O3/c1-11(18-5-9(16)17)6-15(7-11)10-8(4-12)13-2-3-14-10/h2-3H,5-7H2,1H3,(H,16,17). The summed E-state index contributed by atoms with van der Waals surface area (Å²) in [7, 11) is 0. The van der Waals surface area contributed by atoms with Crippen molar-refractivity contribution in [3.8, 4) is 6.07 Å². The summed E-state index contributed by atoms with van der Waals surface area (Å²) in [5.74, 6) is -0.483. The monoisotopic (exact) mass is 248 g/mol. The van der Waals surface area contributed by atoms with Crippen LogP contribution in [-0.2, 0) is 9.53 Å². The van der Waals surface area contributed by atoms with Crippen LogP contribution < -0.4 is 4.90 Å². The van der Waals surface area contributed by atoms with Crippen LogP contribution in [0, 0.1) is 11.3 Å². The van der Waals surface area contributed by atoms with E-state index in [-0.39, 0.29) is 12.3 Å². The van der Waals surface area contributed by atoms with Gasteiger partial charge in [0.05, 0.1) is 13.1 Å². The van der Waals surface area contributed by atoms with Crippen LogP contribution in [-0.4, -0.2) is 46.3 Å². The second kappa shape index (κ2) is 4.58. The molecule has 7 heteroatoms. The summed E-state index contributed by atoms with van der Waals surface area (Å²) in [5.41, 5.74) is -0.249. The normalized spacial score (nSPS) is 16.8. The second-order valence-electron chi connectivity index (χ2n) is 4.33. The van der Waals surface area contributed by atoms with E-state index in [1.807, 2.05) is 17.9 Å². The van der Waals surface area contributed by atoms with Crippen molar-refractivity contribution in [1.29, 1.82) is 5.26 Å². The molecule has 0 spiro atoms. The highest BCUT2D eigenvalue weighted by molar-refractivity contribution is 5.68. The fraction of sp³-hybridized carbons (Fsp3) is 0.455. The first-order chi connectivity index (χ1) is 8.54. The van der Waals surface area contributed by atoms with Gasteiger partial charge in [0, 0.05) is 12.4 Å². The Balaban J connectivity index is 2.00. The zero-order valence-corrected chi connectivity index (χ0v) is 9.83. The van der Waals surface area contributed by atoms with E-state index in [2.05, 4.69) is 9.97 Å². The smallest absolute Gasteiger partial charge is 0.329 e. The molecule has 2 heterocycles. The molecule has 1 aliphatic heterocycles. The summed E-state index contributed by atoms with van der Waals surface area (Å²) in [5, 5.41) is 17.5. The molecule has 0 aliphatic carbocycles. The number of carbonyl (C=O) groups is 1. The number of rotatable bonds is 4. The van der Waals surface area contributed by atoms with Crippen molar-refractivity contribution in [2.24, 2.45) is 0 Å². The molecule has 1 aromatic heterocycles. The highest BCUT2D eigenvalue weighted by Crippen LogP contribution is 2.29. The Morgan fingerprint density at radius 2 is 2.28 bits per heavy atom. The third-order valence-corrected chi connectivity index (χ3v) is 2.68. The minimum Gasteiger partial charge on any atom is -0.480 e. The fourth-order valence-corrected chi connectivity index (χ4v) is 1.88. The lowest BCUT2D eigenvalue weighted by Gasteiger charge is -2.47. The summed E-state index contributed by atoms with van der Waals surface area (Å²) in [6.45, 7) is 2.49. The molecule has 1 aromatic rings. The first-order valence-corrected chi connectivity index (χ1v) is 5.36. The maximum Gasteiger partial charge on any atom is 0.329 e. The molecular formula is C11H12N4O3. The van der Waals surface area contributed by atoms with Crippen LogP contribution in [0.3, 0.4) is 0 Å². The summed E-state index contributed by atoms with van der Waals surface area (Å²) >= 11 is 0. The molecule has 0 saturated carbocycles. The van der Waals surface area contributed by atoms with Gasteiger partial charge in [0.1, 0.15) is 18.3 Å². The highest BCUT2D eigenvalue weighted by atomic mass is 16.5. The number of carboxylic acids is 1. The Bertz CT molecular complexity index is 505. The Kier molecular flexibility index (Phi) is 3.12. The quantitative estimate of drug-likeness (QED) is 0.802. The number of carboxylic acid groups (broad SMARTS) is 1. The van der Waals surface area contributed by atoms with E-state index in [0.29, 0.717) is 18.9 Å². The number of aromatic nitrogens is 2. The van der Waals surface area contributed by atoms with E-state index in [1.165, 1.54) is 12.4 Å². The average molecular weight is 248 g/mol. The van der Waals surface area contributed by atoms with E-state index in [9.17, 15) is 4.79 Å².